The lowest BCUT2D eigenvalue weighted by Crippen LogP contribution is -2.23. The van der Waals surface area contributed by atoms with Crippen molar-refractivity contribution in [2.24, 2.45) is 0 Å². The molecule has 0 N–H and O–H groups in total. The molecule has 3 rings (SSSR count). The molecule has 1 aromatic heterocycles. The normalized spacial score (nSPS) is 18.4. The molecule has 21 heavy (non-hydrogen) atoms. The van der Waals surface area contributed by atoms with Crippen LogP contribution in [-0.4, -0.2) is 23.5 Å². The Hall–Kier alpha value is -2.34. The second-order valence-electron chi connectivity index (χ2n) is 5.70. The minimum Gasteiger partial charge on any atom is -0.374 e. The maximum atomic E-state index is 9.42. The molecule has 3 heteroatoms. The minimum atomic E-state index is 0.684. The van der Waals surface area contributed by atoms with Gasteiger partial charge in [0.1, 0.15) is 0 Å². The summed E-state index contributed by atoms with van der Waals surface area (Å²) in [6, 6.07) is 6.42. The number of nitriles is 1. The van der Waals surface area contributed by atoms with Gasteiger partial charge in [-0.05, 0) is 48.6 Å². The van der Waals surface area contributed by atoms with E-state index in [0.29, 0.717) is 6.42 Å². The third-order valence-electron chi connectivity index (χ3n) is 4.22. The van der Waals surface area contributed by atoms with Gasteiger partial charge >= 0.3 is 0 Å². The van der Waals surface area contributed by atoms with Crippen LogP contribution in [0.5, 0.6) is 0 Å². The Bertz CT molecular complexity index is 701. The predicted octanol–water partition coefficient (Wildman–Crippen LogP) is 3.61. The summed E-state index contributed by atoms with van der Waals surface area (Å²) in [5, 5.41) is 9.42. The van der Waals surface area contributed by atoms with E-state index in [4.69, 9.17) is 0 Å². The summed E-state index contributed by atoms with van der Waals surface area (Å²) in [5.41, 5.74) is 6.74. The van der Waals surface area contributed by atoms with E-state index in [0.717, 1.165) is 29.8 Å². The van der Waals surface area contributed by atoms with Crippen molar-refractivity contribution in [3.05, 3.63) is 58.6 Å². The molecule has 1 aliphatic heterocycles. The molecule has 2 aliphatic rings. The molecule has 0 amide bonds. The first-order chi connectivity index (χ1) is 10.2. The monoisotopic (exact) mass is 277 g/mol. The number of nitrogens with zero attached hydrogens (tertiary/aromatic N) is 3. The van der Waals surface area contributed by atoms with Gasteiger partial charge in [-0.1, -0.05) is 12.1 Å². The zero-order chi connectivity index (χ0) is 14.8. The fraction of sp³-hybridized carbons (Fsp3) is 0.333. The van der Waals surface area contributed by atoms with Gasteiger partial charge in [-0.3, -0.25) is 4.98 Å². The van der Waals surface area contributed by atoms with E-state index in [1.165, 1.54) is 23.3 Å². The van der Waals surface area contributed by atoms with Crippen LogP contribution in [0, 0.1) is 18.3 Å². The molecule has 3 nitrogen and oxygen atoms in total. The van der Waals surface area contributed by atoms with Gasteiger partial charge in [0.2, 0.25) is 0 Å². The number of likely N-dealkylation sites (N-methyl/N-ethyl adjacent to an activating group) is 1. The average Bonchev–Trinajstić information content (AvgIpc) is 2.68. The van der Waals surface area contributed by atoms with Crippen LogP contribution in [0.1, 0.15) is 30.5 Å². The highest BCUT2D eigenvalue weighted by atomic mass is 15.1. The summed E-state index contributed by atoms with van der Waals surface area (Å²) in [4.78, 5) is 6.64. The summed E-state index contributed by atoms with van der Waals surface area (Å²) in [6.45, 7) is 3.09. The number of rotatable bonds is 1. The van der Waals surface area contributed by atoms with Crippen LogP contribution in [-0.2, 0) is 0 Å². The highest BCUT2D eigenvalue weighted by Crippen LogP contribution is 2.34. The first-order valence-corrected chi connectivity index (χ1v) is 7.36. The van der Waals surface area contributed by atoms with E-state index in [9.17, 15) is 5.26 Å². The van der Waals surface area contributed by atoms with Crippen LogP contribution >= 0.6 is 0 Å². The minimum absolute atomic E-state index is 0.684. The Labute approximate surface area is 125 Å². The molecule has 0 aromatic carbocycles. The molecular weight excluding hydrogens is 258 g/mol. The molecule has 0 fully saturated rings. The summed E-state index contributed by atoms with van der Waals surface area (Å²) < 4.78 is 0. The molecule has 2 heterocycles. The molecule has 0 saturated carbocycles. The lowest BCUT2D eigenvalue weighted by atomic mass is 9.96. The third-order valence-corrected chi connectivity index (χ3v) is 4.22. The Kier molecular flexibility index (Phi) is 3.62. The SMILES string of the molecule is Cc1ncccc1C1=CC2=C(C=C(C#N)C1)N(C)CCC2. The maximum absolute atomic E-state index is 9.42. The lowest BCUT2D eigenvalue weighted by molar-refractivity contribution is 0.394. The highest BCUT2D eigenvalue weighted by molar-refractivity contribution is 5.74. The molecule has 1 aromatic rings. The van der Waals surface area contributed by atoms with Crippen molar-refractivity contribution in [3.63, 3.8) is 0 Å². The van der Waals surface area contributed by atoms with Crippen LogP contribution in [0.3, 0.4) is 0 Å². The van der Waals surface area contributed by atoms with Gasteiger partial charge in [0, 0.05) is 43.2 Å². The molecule has 0 atom stereocenters. The predicted molar refractivity (Wildman–Crippen MR) is 84.2 cm³/mol. The van der Waals surface area contributed by atoms with E-state index < -0.39 is 0 Å². The van der Waals surface area contributed by atoms with Crippen molar-refractivity contribution in [3.8, 4) is 6.07 Å². The molecule has 0 spiro atoms. The van der Waals surface area contributed by atoms with Gasteiger partial charge in [-0.25, -0.2) is 0 Å². The van der Waals surface area contributed by atoms with Gasteiger partial charge in [0.25, 0.3) is 0 Å². The van der Waals surface area contributed by atoms with Gasteiger partial charge in [-0.2, -0.15) is 5.26 Å². The van der Waals surface area contributed by atoms with Gasteiger partial charge < -0.3 is 4.90 Å². The van der Waals surface area contributed by atoms with E-state index >= 15 is 0 Å². The summed E-state index contributed by atoms with van der Waals surface area (Å²) in [5.74, 6) is 0. The molecule has 0 unspecified atom stereocenters. The second-order valence-corrected chi connectivity index (χ2v) is 5.70. The fourth-order valence-electron chi connectivity index (χ4n) is 3.10. The number of aryl methyl sites for hydroxylation is 1. The Morgan fingerprint density at radius 3 is 2.95 bits per heavy atom. The van der Waals surface area contributed by atoms with Crippen molar-refractivity contribution < 1.29 is 0 Å². The number of hydrogen-bond acceptors (Lipinski definition) is 3. The van der Waals surface area contributed by atoms with E-state index in [-0.39, 0.29) is 0 Å². The van der Waals surface area contributed by atoms with Crippen molar-refractivity contribution in [2.45, 2.75) is 26.2 Å². The maximum Gasteiger partial charge on any atom is 0.0951 e. The molecule has 1 aliphatic carbocycles. The van der Waals surface area contributed by atoms with E-state index in [2.05, 4.69) is 41.2 Å². The zero-order valence-corrected chi connectivity index (χ0v) is 12.6. The summed E-state index contributed by atoms with van der Waals surface area (Å²) in [7, 11) is 2.11. The Morgan fingerprint density at radius 2 is 2.19 bits per heavy atom. The molecular formula is C18H19N3. The average molecular weight is 277 g/mol. The van der Waals surface area contributed by atoms with E-state index in [1.54, 1.807) is 0 Å². The highest BCUT2D eigenvalue weighted by Gasteiger charge is 2.20. The van der Waals surface area contributed by atoms with Crippen LogP contribution in [0.25, 0.3) is 5.57 Å². The van der Waals surface area contributed by atoms with Crippen molar-refractivity contribution in [2.75, 3.05) is 13.6 Å². The molecule has 0 radical (unpaired) electrons. The van der Waals surface area contributed by atoms with Crippen molar-refractivity contribution >= 4 is 5.57 Å². The number of aromatic nitrogens is 1. The Balaban J connectivity index is 2.13. The van der Waals surface area contributed by atoms with Gasteiger partial charge in [0.15, 0.2) is 0 Å². The topological polar surface area (TPSA) is 39.9 Å². The standard InChI is InChI=1S/C18H19N3/c1-13-17(6-3-7-20-13)16-9-14(12-19)10-18-15(11-16)5-4-8-21(18)2/h3,6-7,10-11H,4-5,8-9H2,1-2H3. The summed E-state index contributed by atoms with van der Waals surface area (Å²) in [6.07, 6.45) is 9.08. The zero-order valence-electron chi connectivity index (χ0n) is 12.6. The molecule has 106 valence electrons. The van der Waals surface area contributed by atoms with Crippen LogP contribution < -0.4 is 0 Å². The van der Waals surface area contributed by atoms with Gasteiger partial charge in [0.05, 0.1) is 6.07 Å². The number of hydrogen-bond donors (Lipinski definition) is 0. The quantitative estimate of drug-likeness (QED) is 0.787. The van der Waals surface area contributed by atoms with Crippen LogP contribution in [0.15, 0.2) is 47.3 Å². The van der Waals surface area contributed by atoms with Crippen molar-refractivity contribution in [1.29, 1.82) is 5.26 Å². The lowest BCUT2D eigenvalue weighted by Gasteiger charge is -2.27. The smallest absolute Gasteiger partial charge is 0.0951 e. The first kappa shape index (κ1) is 13.6. The van der Waals surface area contributed by atoms with Gasteiger partial charge in [-0.15, -0.1) is 0 Å². The van der Waals surface area contributed by atoms with Crippen LogP contribution in [0.4, 0.5) is 0 Å². The molecule has 0 bridgehead atoms. The Morgan fingerprint density at radius 1 is 1.33 bits per heavy atom. The first-order valence-electron chi connectivity index (χ1n) is 7.36. The second kappa shape index (κ2) is 5.57. The van der Waals surface area contributed by atoms with E-state index in [1.807, 2.05) is 19.2 Å². The summed E-state index contributed by atoms with van der Waals surface area (Å²) >= 11 is 0. The number of allylic oxidation sites excluding steroid dienone is 5. The third kappa shape index (κ3) is 2.62. The largest absolute Gasteiger partial charge is 0.374 e. The van der Waals surface area contributed by atoms with Crippen LogP contribution in [0.2, 0.25) is 0 Å². The van der Waals surface area contributed by atoms with Crippen molar-refractivity contribution in [1.82, 2.24) is 9.88 Å². The number of pyridine rings is 1. The fourth-order valence-corrected chi connectivity index (χ4v) is 3.10. The molecule has 0 saturated heterocycles.